The quantitative estimate of drug-likeness (QED) is 0.0595. The Bertz CT molecular complexity index is 4920. The molecule has 114 heavy (non-hydrogen) atoms. The minimum Gasteiger partial charge on any atom is -0.486 e. The van der Waals surface area contributed by atoms with Crippen molar-refractivity contribution in [3.05, 3.63) is 241 Å². The maximum absolute atomic E-state index is 14.9. The molecular formula is C92H104Br4F5IN5O6P. The third-order valence-electron chi connectivity index (χ3n) is 29.0. The minimum atomic E-state index is -1.16. The first-order chi connectivity index (χ1) is 53.6. The van der Waals surface area contributed by atoms with Gasteiger partial charge in [0.15, 0.2) is 30.7 Å². The molecule has 20 aliphatic rings. The highest BCUT2D eigenvalue weighted by molar-refractivity contribution is 14.1. The van der Waals surface area contributed by atoms with Gasteiger partial charge in [-0.25, -0.2) is 22.0 Å². The topological polar surface area (TPSA) is 91.4 Å². The van der Waals surface area contributed by atoms with E-state index in [1.165, 1.54) is 89.3 Å². The Morgan fingerprint density at radius 1 is 0.509 bits per heavy atom. The highest BCUT2D eigenvalue weighted by Gasteiger charge is 2.72. The van der Waals surface area contributed by atoms with Crippen molar-refractivity contribution in [2.45, 2.75) is 224 Å². The second kappa shape index (κ2) is 31.2. The molecule has 0 radical (unpaired) electrons. The lowest BCUT2D eigenvalue weighted by molar-refractivity contribution is -0.144. The summed E-state index contributed by atoms with van der Waals surface area (Å²) in [6, 6.07) is 32.4. The summed E-state index contributed by atoms with van der Waals surface area (Å²) in [5.41, 5.74) is 15.6. The summed E-state index contributed by atoms with van der Waals surface area (Å²) in [6.07, 6.45) is 23.6. The number of alkyl halides is 4. The molecule has 11 nitrogen and oxygen atoms in total. The number of nitrogens with one attached hydrogen (secondary N) is 1. The van der Waals surface area contributed by atoms with Gasteiger partial charge in [-0.3, -0.25) is 19.6 Å². The van der Waals surface area contributed by atoms with Gasteiger partial charge in [0.2, 0.25) is 0 Å². The number of benzene rings is 5. The van der Waals surface area contributed by atoms with Gasteiger partial charge in [-0.1, -0.05) is 166 Å². The largest absolute Gasteiger partial charge is 0.486 e. The fourth-order valence-electron chi connectivity index (χ4n) is 24.6. The van der Waals surface area contributed by atoms with Crippen molar-refractivity contribution in [1.29, 1.82) is 0 Å². The lowest BCUT2D eigenvalue weighted by Crippen LogP contribution is -2.74. The zero-order chi connectivity index (χ0) is 76.7. The number of nitrogens with zero attached hydrogens (tertiary/aromatic N) is 4. The van der Waals surface area contributed by atoms with Gasteiger partial charge >= 0.3 is 0 Å². The lowest BCUT2D eigenvalue weighted by atomic mass is 9.51. The van der Waals surface area contributed by atoms with Crippen LogP contribution in [0.15, 0.2) is 185 Å². The molecular weight excluding hydrogens is 1840 g/mol. The number of hydrogen-bond acceptors (Lipinski definition) is 11. The van der Waals surface area contributed by atoms with Crippen molar-refractivity contribution in [2.75, 3.05) is 64.8 Å². The van der Waals surface area contributed by atoms with Crippen LogP contribution in [0.1, 0.15) is 137 Å². The van der Waals surface area contributed by atoms with Crippen LogP contribution in [0.5, 0.6) is 28.7 Å². The number of piperidine rings is 5. The maximum atomic E-state index is 14.9. The standard InChI is InChI=1S/C19H20FNO.C17H17BrFNO.C17H18FNO2.C17H16FNO.C16H14FNO.C3H7I.3CH4.Br3P/c1-2-9-21-10-8-19-13-6-7-14(20)18(19)22-16-5-3-4-12(17(16)19)11-15(13)21;1-20-6-5-17-10-8-11(18)15(19)16(17)21-13-4-2-3-9(14(13)17)7-12(10)20;1-19-8-7-16-14-10-3-2-4-12(14)21-15(16)11(18)5-6-17(16,20)13(19)9-10;1-19-8-7-17-11-5-6-12(18)16(17)20-14-4-2-3-10(15(14)17)9-13(11)19;17-11-5-4-10-12-8-9-2-1-3-13-14(9)16(10,6-7-18-12)15(11)19-13;1-2-3-4;;;;1-4(2)3/h3-7,15,18H,2,8-11H2,1H3;2-4,8,11-12,15-16H,5-7H2,1H3;2-6,11,13,15,20H,7-9H2,1H3;2-6,13,16H,7-9H2,1H3;1-5,12,15,18H,6-8H2;2-3H2,1H3;3*1H4;/t15?,18-,19?;11-,12?,15-,16+,17?;11-,13?,15+,16?,17?;13?,16-,17?;12?,15-,16?;;;;;/m01100...../s1. The lowest BCUT2D eigenvalue weighted by Gasteiger charge is -2.60. The van der Waals surface area contributed by atoms with Crippen LogP contribution in [0.3, 0.4) is 0 Å². The third kappa shape index (κ3) is 11.9. The predicted molar refractivity (Wildman–Crippen MR) is 471 cm³/mol. The van der Waals surface area contributed by atoms with Crippen molar-refractivity contribution < 1.29 is 50.7 Å². The van der Waals surface area contributed by atoms with Crippen LogP contribution in [-0.2, 0) is 59.2 Å². The zero-order valence-corrected chi connectivity index (χ0v) is 72.2. The van der Waals surface area contributed by atoms with Crippen LogP contribution in [0.2, 0.25) is 0 Å². The Hall–Kier alpha value is -4.49. The molecule has 10 heterocycles. The molecule has 5 fully saturated rings. The highest BCUT2D eigenvalue weighted by Crippen LogP contribution is 2.67. The number of aliphatic hydroxyl groups is 1. The van der Waals surface area contributed by atoms with Gasteiger partial charge in [0.25, 0.3) is 0 Å². The van der Waals surface area contributed by atoms with Crippen LogP contribution >= 0.6 is 89.0 Å². The molecule has 2 N–H and O–H groups in total. The summed E-state index contributed by atoms with van der Waals surface area (Å²) in [7, 11) is 6.40. The van der Waals surface area contributed by atoms with Crippen LogP contribution in [0, 0.1) is 0 Å². The summed E-state index contributed by atoms with van der Waals surface area (Å²) in [4.78, 5) is 9.37. The molecule has 11 unspecified atom stereocenters. The van der Waals surface area contributed by atoms with E-state index in [2.05, 4.69) is 180 Å². The van der Waals surface area contributed by atoms with Crippen LogP contribution in [-0.4, -0.2) is 173 Å². The minimum absolute atomic E-state index is 0. The molecule has 5 saturated heterocycles. The Morgan fingerprint density at radius 2 is 0.930 bits per heavy atom. The van der Waals surface area contributed by atoms with E-state index in [0.29, 0.717) is 24.2 Å². The van der Waals surface area contributed by atoms with Crippen LogP contribution < -0.4 is 29.0 Å². The van der Waals surface area contributed by atoms with Crippen molar-refractivity contribution in [3.8, 4) is 28.7 Å². The van der Waals surface area contributed by atoms with E-state index < -0.39 is 47.8 Å². The molecule has 0 aromatic heterocycles. The van der Waals surface area contributed by atoms with E-state index in [9.17, 15) is 27.1 Å². The average molecular weight is 1950 g/mol. The molecule has 10 aliphatic heterocycles. The number of halogens is 10. The van der Waals surface area contributed by atoms with E-state index in [0.717, 1.165) is 144 Å². The van der Waals surface area contributed by atoms with Gasteiger partial charge in [-0.05, 0) is 287 Å². The predicted octanol–water partition coefficient (Wildman–Crippen LogP) is 20.4. The summed E-state index contributed by atoms with van der Waals surface area (Å²) in [6.45, 7) is 10.4. The molecule has 19 atom stereocenters. The van der Waals surface area contributed by atoms with Gasteiger partial charge in [-0.2, -0.15) is 0 Å². The van der Waals surface area contributed by atoms with Crippen molar-refractivity contribution in [1.82, 2.24) is 24.9 Å². The Labute approximate surface area is 717 Å². The monoisotopic (exact) mass is 1940 g/mol. The SMILES string of the molecule is BrP(Br)Br.C.C.C.CCCI.CCCN1CCC23C4=CC=C(F)[C@@H]2Oc2cccc(c23)CC41.CN1CCC23C4=CC=C(F)[C@@H]2Oc2cccc(c23)CC41.CN1CCC23C4=C[C@@H](Br)[C@@H](F)[C@@H]2Oc2cccc(c23)CC41.CN1CCC23c4c5cccc4O[C@H]2[C@H](F)C=CC3(O)C1C5.FC1=CC=C2C3Cc4cccc5c4C2(CCN3)[C@H]1O5. The summed E-state index contributed by atoms with van der Waals surface area (Å²) in [5, 5.41) is 15.1. The van der Waals surface area contributed by atoms with Gasteiger partial charge in [0, 0.05) is 64.6 Å². The smallest absolute Gasteiger partial charge is 0.163 e. The molecule has 5 aromatic carbocycles. The summed E-state index contributed by atoms with van der Waals surface area (Å²) >= 11 is 15.4. The Morgan fingerprint density at radius 3 is 1.46 bits per heavy atom. The summed E-state index contributed by atoms with van der Waals surface area (Å²) in [5.74, 6) is 4.00. The average Bonchev–Trinajstić information content (AvgIpc) is 1.41. The first-order valence-corrected chi connectivity index (χ1v) is 49.6. The van der Waals surface area contributed by atoms with E-state index in [1.807, 2.05) is 79.9 Å². The molecule has 25 rings (SSSR count). The molecule has 5 spiro atoms. The molecule has 0 saturated carbocycles. The first-order valence-electron chi connectivity index (χ1n) is 39.8. The van der Waals surface area contributed by atoms with Crippen LogP contribution in [0.4, 0.5) is 22.0 Å². The van der Waals surface area contributed by atoms with Gasteiger partial charge < -0.3 is 34.1 Å². The molecule has 608 valence electrons. The number of hydrogen-bond donors (Lipinski definition) is 2. The Balaban J connectivity index is 0.000000104. The van der Waals surface area contributed by atoms with E-state index >= 15 is 0 Å². The van der Waals surface area contributed by atoms with Crippen LogP contribution in [0.25, 0.3) is 0 Å². The number of rotatable bonds is 3. The summed E-state index contributed by atoms with van der Waals surface area (Å²) < 4.78 is 104. The fourth-order valence-corrected chi connectivity index (χ4v) is 25.2. The maximum Gasteiger partial charge on any atom is 0.163 e. The second-order valence-electron chi connectivity index (χ2n) is 33.7. The molecule has 10 aliphatic carbocycles. The molecule has 5 aromatic rings. The fraction of sp³-hybridized carbons (Fsp3) is 0.500. The first kappa shape index (κ1) is 83.2. The number of likely N-dealkylation sites (tertiary alicyclic amines) is 4. The van der Waals surface area contributed by atoms with E-state index in [-0.39, 0.29) is 82.4 Å². The molecule has 0 amide bonds. The Kier molecular flexibility index (Phi) is 22.8. The number of likely N-dealkylation sites (N-methyl/N-ethyl adjacent to an activating group) is 3. The number of ether oxygens (including phenoxy) is 5. The normalized spacial score (nSPS) is 36.4. The van der Waals surface area contributed by atoms with Crippen molar-refractivity contribution in [3.63, 3.8) is 0 Å². The van der Waals surface area contributed by atoms with Gasteiger partial charge in [0.05, 0.1) is 31.9 Å². The molecule has 10 bridgehead atoms. The zero-order valence-electron chi connectivity index (χ0n) is 62.8. The second-order valence-corrected chi connectivity index (χ2v) is 51.2. The van der Waals surface area contributed by atoms with Crippen molar-refractivity contribution in [2.24, 2.45) is 0 Å². The van der Waals surface area contributed by atoms with Gasteiger partial charge in [0.1, 0.15) is 68.1 Å². The third-order valence-corrected chi connectivity index (χ3v) is 30.8. The van der Waals surface area contributed by atoms with E-state index in [4.69, 9.17) is 23.7 Å². The molecule has 22 heteroatoms. The van der Waals surface area contributed by atoms with Gasteiger partial charge in [-0.15, -0.1) is 0 Å². The highest BCUT2D eigenvalue weighted by atomic mass is 127. The van der Waals surface area contributed by atoms with E-state index in [1.54, 1.807) is 24.3 Å². The van der Waals surface area contributed by atoms with Crippen molar-refractivity contribution >= 4 is 89.0 Å². The number of allylic oxidation sites excluding steroid dienone is 7.